The van der Waals surface area contributed by atoms with E-state index in [1.807, 2.05) is 0 Å². The molecular formula is C23H24O11S. The molecule has 1 aliphatic rings. The van der Waals surface area contributed by atoms with Crippen LogP contribution in [-0.2, 0) is 38.1 Å². The first kappa shape index (κ1) is 26.1. The van der Waals surface area contributed by atoms with Gasteiger partial charge in [-0.05, 0) is 18.2 Å². The Hall–Kier alpha value is -3.51. The second kappa shape index (κ2) is 11.3. The number of ether oxygens (including phenoxy) is 6. The summed E-state index contributed by atoms with van der Waals surface area (Å²) >= 11 is 1.07. The van der Waals surface area contributed by atoms with Gasteiger partial charge in [-0.15, -0.1) is 11.3 Å². The number of fused-ring (bicyclic) bond motifs is 1. The van der Waals surface area contributed by atoms with Crippen LogP contribution in [0.4, 0.5) is 0 Å². The maximum Gasteiger partial charge on any atom is 0.348 e. The van der Waals surface area contributed by atoms with E-state index in [9.17, 15) is 24.0 Å². The van der Waals surface area contributed by atoms with Crippen LogP contribution in [0.3, 0.4) is 0 Å². The summed E-state index contributed by atoms with van der Waals surface area (Å²) in [6.45, 7) is 3.33. The highest BCUT2D eigenvalue weighted by Gasteiger charge is 2.44. The Balaban J connectivity index is 1.94. The van der Waals surface area contributed by atoms with Crippen molar-refractivity contribution in [3.8, 4) is 5.75 Å². The summed E-state index contributed by atoms with van der Waals surface area (Å²) in [5.41, 5.74) is 0.351. The molecule has 0 N–H and O–H groups in total. The van der Waals surface area contributed by atoms with Gasteiger partial charge < -0.3 is 28.4 Å². The molecule has 11 nitrogen and oxygen atoms in total. The summed E-state index contributed by atoms with van der Waals surface area (Å²) in [6, 6.07) is 4.61. The highest BCUT2D eigenvalue weighted by Crippen LogP contribution is 2.38. The molecule has 1 aliphatic heterocycles. The van der Waals surface area contributed by atoms with Crippen LogP contribution >= 0.6 is 11.3 Å². The van der Waals surface area contributed by atoms with Crippen LogP contribution in [0.5, 0.6) is 5.75 Å². The number of aldehydes is 1. The Morgan fingerprint density at radius 2 is 1.80 bits per heavy atom. The van der Waals surface area contributed by atoms with E-state index in [4.69, 9.17) is 28.4 Å². The van der Waals surface area contributed by atoms with Crippen LogP contribution < -0.4 is 4.74 Å². The third kappa shape index (κ3) is 6.34. The van der Waals surface area contributed by atoms with Crippen molar-refractivity contribution in [3.05, 3.63) is 28.6 Å². The van der Waals surface area contributed by atoms with E-state index in [2.05, 4.69) is 0 Å². The fourth-order valence-electron chi connectivity index (χ4n) is 3.63. The predicted molar refractivity (Wildman–Crippen MR) is 120 cm³/mol. The Kier molecular flexibility index (Phi) is 8.41. The van der Waals surface area contributed by atoms with Crippen molar-refractivity contribution in [2.24, 2.45) is 0 Å². The van der Waals surface area contributed by atoms with Gasteiger partial charge in [-0.3, -0.25) is 19.2 Å². The van der Waals surface area contributed by atoms with E-state index < -0.39 is 48.5 Å². The molecule has 12 heteroatoms. The average molecular weight is 509 g/mol. The minimum atomic E-state index is -1.04. The number of methoxy groups -OCH3 is 1. The number of benzene rings is 1. The smallest absolute Gasteiger partial charge is 0.348 e. The lowest BCUT2D eigenvalue weighted by Gasteiger charge is -2.39. The molecule has 188 valence electrons. The molecule has 3 rings (SSSR count). The Morgan fingerprint density at radius 1 is 1.09 bits per heavy atom. The molecule has 0 radical (unpaired) electrons. The molecule has 0 bridgehead atoms. The van der Waals surface area contributed by atoms with Crippen molar-refractivity contribution in [3.63, 3.8) is 0 Å². The fraction of sp³-hybridized carbons (Fsp3) is 0.435. The predicted octanol–water partition coefficient (Wildman–Crippen LogP) is 2.42. The second-order valence-corrected chi connectivity index (χ2v) is 8.65. The monoisotopic (exact) mass is 508 g/mol. The van der Waals surface area contributed by atoms with Gasteiger partial charge in [0.05, 0.1) is 18.2 Å². The minimum absolute atomic E-state index is 0.0136. The number of rotatable bonds is 8. The lowest BCUT2D eigenvalue weighted by atomic mass is 10.0. The van der Waals surface area contributed by atoms with Crippen LogP contribution in [0.25, 0.3) is 10.1 Å². The zero-order chi connectivity index (χ0) is 25.7. The fourth-order valence-corrected chi connectivity index (χ4v) is 4.70. The zero-order valence-corrected chi connectivity index (χ0v) is 20.2. The molecule has 4 atom stereocenters. The van der Waals surface area contributed by atoms with Crippen molar-refractivity contribution in [1.29, 1.82) is 0 Å². The van der Waals surface area contributed by atoms with Gasteiger partial charge in [-0.1, -0.05) is 0 Å². The molecular weight excluding hydrogens is 484 g/mol. The van der Waals surface area contributed by atoms with Gasteiger partial charge in [0.2, 0.25) is 6.29 Å². The van der Waals surface area contributed by atoms with Gasteiger partial charge in [-0.25, -0.2) is 4.79 Å². The normalized spacial score (nSPS) is 21.6. The van der Waals surface area contributed by atoms with Crippen molar-refractivity contribution in [2.45, 2.75) is 51.8 Å². The van der Waals surface area contributed by atoms with Crippen molar-refractivity contribution >= 4 is 51.6 Å². The molecule has 2 aromatic rings. The number of carbonyl (C=O) groups excluding carboxylic acids is 5. The first-order valence-electron chi connectivity index (χ1n) is 10.5. The Morgan fingerprint density at radius 3 is 2.40 bits per heavy atom. The largest absolute Gasteiger partial charge is 0.465 e. The number of esters is 4. The van der Waals surface area contributed by atoms with Gasteiger partial charge in [0, 0.05) is 31.7 Å². The third-order valence-electron chi connectivity index (χ3n) is 5.01. The molecule has 0 aliphatic carbocycles. The number of hydrogen-bond donors (Lipinski definition) is 0. The number of hydrogen-bond acceptors (Lipinski definition) is 12. The summed E-state index contributed by atoms with van der Waals surface area (Å²) in [5, 5.41) is 0.490. The van der Waals surface area contributed by atoms with Gasteiger partial charge in [-0.2, -0.15) is 0 Å². The Bertz CT molecular complexity index is 1140. The molecule has 1 fully saturated rings. The molecule has 1 aromatic heterocycles. The zero-order valence-electron chi connectivity index (χ0n) is 19.4. The SMILES string of the molecule is COC(=O)c1cc2c(C=O)ccc(O[C@H]3CC(OC(C)=O)C(OC(C)=O)[C@@H](COC(C)=O)O3)c2s1. The van der Waals surface area contributed by atoms with Gasteiger partial charge >= 0.3 is 23.9 Å². The van der Waals surface area contributed by atoms with Gasteiger partial charge in [0.1, 0.15) is 29.4 Å². The summed E-state index contributed by atoms with van der Waals surface area (Å²) < 4.78 is 33.0. The van der Waals surface area contributed by atoms with Crippen molar-refractivity contribution in [1.82, 2.24) is 0 Å². The second-order valence-electron chi connectivity index (χ2n) is 7.60. The van der Waals surface area contributed by atoms with Gasteiger partial charge in [0.15, 0.2) is 12.4 Å². The highest BCUT2D eigenvalue weighted by molar-refractivity contribution is 7.21. The van der Waals surface area contributed by atoms with E-state index in [-0.39, 0.29) is 17.9 Å². The lowest BCUT2D eigenvalue weighted by molar-refractivity contribution is -0.245. The summed E-state index contributed by atoms with van der Waals surface area (Å²) in [5.74, 6) is -2.10. The Labute approximate surface area is 204 Å². The first-order chi connectivity index (χ1) is 16.6. The average Bonchev–Trinajstić information content (AvgIpc) is 3.24. The minimum Gasteiger partial charge on any atom is -0.465 e. The van der Waals surface area contributed by atoms with Crippen molar-refractivity contribution in [2.75, 3.05) is 13.7 Å². The quantitative estimate of drug-likeness (QED) is 0.295. The number of carbonyl (C=O) groups is 5. The molecule has 0 spiro atoms. The summed E-state index contributed by atoms with van der Waals surface area (Å²) in [6.07, 6.45) is -3.35. The van der Waals surface area contributed by atoms with Crippen LogP contribution in [0.15, 0.2) is 18.2 Å². The molecule has 1 saturated heterocycles. The number of thiophene rings is 1. The molecule has 2 unspecified atom stereocenters. The first-order valence-corrected chi connectivity index (χ1v) is 11.3. The maximum atomic E-state index is 12.0. The van der Waals surface area contributed by atoms with Gasteiger partial charge in [0.25, 0.3) is 0 Å². The van der Waals surface area contributed by atoms with E-state index in [0.29, 0.717) is 27.7 Å². The topological polar surface area (TPSA) is 141 Å². The molecule has 1 aromatic carbocycles. The van der Waals surface area contributed by atoms with Crippen LogP contribution in [0, 0.1) is 0 Å². The summed E-state index contributed by atoms with van der Waals surface area (Å²) in [4.78, 5) is 58.6. The van der Waals surface area contributed by atoms with E-state index in [0.717, 1.165) is 11.3 Å². The van der Waals surface area contributed by atoms with E-state index in [1.165, 1.54) is 40.0 Å². The standard InChI is InChI=1S/C23H24O11S/c1-11(25)30-10-18-21(32-13(3)27)17(31-12(2)26)8-20(34-18)33-16-6-5-14(9-24)15-7-19(23(28)29-4)35-22(15)16/h5-7,9,17-18,20-21H,8,10H2,1-4H3/t17?,18-,20-,21?/m1/s1. The molecule has 0 amide bonds. The maximum absolute atomic E-state index is 12.0. The van der Waals surface area contributed by atoms with Crippen LogP contribution in [0.1, 0.15) is 47.2 Å². The molecule has 2 heterocycles. The highest BCUT2D eigenvalue weighted by atomic mass is 32.1. The lowest BCUT2D eigenvalue weighted by Crippen LogP contribution is -2.54. The molecule has 0 saturated carbocycles. The summed E-state index contributed by atoms with van der Waals surface area (Å²) in [7, 11) is 1.25. The van der Waals surface area contributed by atoms with E-state index >= 15 is 0 Å². The van der Waals surface area contributed by atoms with Crippen molar-refractivity contribution < 1.29 is 52.4 Å². The third-order valence-corrected chi connectivity index (χ3v) is 6.14. The van der Waals surface area contributed by atoms with Crippen LogP contribution in [-0.4, -0.2) is 68.5 Å². The van der Waals surface area contributed by atoms with Crippen LogP contribution in [0.2, 0.25) is 0 Å². The van der Waals surface area contributed by atoms with E-state index in [1.54, 1.807) is 6.07 Å². The molecule has 35 heavy (non-hydrogen) atoms.